The van der Waals surface area contributed by atoms with Crippen molar-refractivity contribution in [2.45, 2.75) is 18.6 Å². The van der Waals surface area contributed by atoms with Gasteiger partial charge in [0.25, 0.3) is 0 Å². The molecule has 0 amide bonds. The predicted molar refractivity (Wildman–Crippen MR) is 74.1 cm³/mol. The number of nitrogens with zero attached hydrogens (tertiary/aromatic N) is 2. The molecule has 0 radical (unpaired) electrons. The summed E-state index contributed by atoms with van der Waals surface area (Å²) in [5.74, 6) is 0. The maximum atomic E-state index is 12.6. The third-order valence-corrected chi connectivity index (χ3v) is 4.40. The van der Waals surface area contributed by atoms with E-state index in [1.54, 1.807) is 0 Å². The molecule has 0 bridgehead atoms. The summed E-state index contributed by atoms with van der Waals surface area (Å²) in [6, 6.07) is 4.02. The fraction of sp³-hybridized carbons (Fsp3) is 0.462. The molecule has 1 atom stereocenters. The fourth-order valence-corrected chi connectivity index (χ4v) is 3.32. The fourth-order valence-electron chi connectivity index (χ4n) is 2.39. The highest BCUT2D eigenvalue weighted by molar-refractivity contribution is 7.22. The molecular weight excluding hydrogens is 287 g/mol. The molecule has 108 valence electrons. The van der Waals surface area contributed by atoms with Crippen LogP contribution < -0.4 is 5.32 Å². The lowest BCUT2D eigenvalue weighted by Gasteiger charge is -2.10. The molecule has 1 fully saturated rings. The van der Waals surface area contributed by atoms with E-state index < -0.39 is 11.7 Å². The van der Waals surface area contributed by atoms with Gasteiger partial charge >= 0.3 is 6.18 Å². The number of hydrogen-bond acceptors (Lipinski definition) is 4. The summed E-state index contributed by atoms with van der Waals surface area (Å²) >= 11 is 1.40. The number of hydrogen-bond donors (Lipinski definition) is 1. The number of halogens is 3. The maximum Gasteiger partial charge on any atom is 0.416 e. The molecule has 3 nitrogen and oxygen atoms in total. The SMILES string of the molecule is CN1CCC(Nc2nc3cc(C(F)(F)F)ccc3s2)C1. The van der Waals surface area contributed by atoms with Crippen LogP contribution >= 0.6 is 11.3 Å². The van der Waals surface area contributed by atoms with E-state index in [1.165, 1.54) is 17.4 Å². The molecular formula is C13H14F3N3S. The number of nitrogens with one attached hydrogen (secondary N) is 1. The topological polar surface area (TPSA) is 28.2 Å². The van der Waals surface area contributed by atoms with Gasteiger partial charge in [0.15, 0.2) is 5.13 Å². The van der Waals surface area contributed by atoms with Gasteiger partial charge in [0.05, 0.1) is 15.8 Å². The zero-order chi connectivity index (χ0) is 14.3. The first-order chi connectivity index (χ1) is 9.41. The van der Waals surface area contributed by atoms with Crippen molar-refractivity contribution < 1.29 is 13.2 Å². The summed E-state index contributed by atoms with van der Waals surface area (Å²) in [5.41, 5.74) is -0.249. The molecule has 0 aliphatic carbocycles. The molecule has 3 rings (SSSR count). The Kier molecular flexibility index (Phi) is 3.33. The summed E-state index contributed by atoms with van der Waals surface area (Å²) < 4.78 is 38.7. The first-order valence-corrected chi connectivity index (χ1v) is 7.16. The monoisotopic (exact) mass is 301 g/mol. The van der Waals surface area contributed by atoms with Crippen LogP contribution in [0.2, 0.25) is 0 Å². The van der Waals surface area contributed by atoms with Crippen molar-refractivity contribution in [2.75, 3.05) is 25.5 Å². The minimum atomic E-state index is -4.32. The van der Waals surface area contributed by atoms with Crippen LogP contribution in [0, 0.1) is 0 Å². The van der Waals surface area contributed by atoms with Gasteiger partial charge in [0, 0.05) is 12.6 Å². The lowest BCUT2D eigenvalue weighted by atomic mass is 10.2. The van der Waals surface area contributed by atoms with E-state index >= 15 is 0 Å². The highest BCUT2D eigenvalue weighted by Crippen LogP contribution is 2.34. The Morgan fingerprint density at radius 2 is 2.20 bits per heavy atom. The molecule has 2 heterocycles. The molecule has 1 unspecified atom stereocenters. The van der Waals surface area contributed by atoms with Gasteiger partial charge in [-0.05, 0) is 38.2 Å². The van der Waals surface area contributed by atoms with E-state index in [9.17, 15) is 13.2 Å². The van der Waals surface area contributed by atoms with Crippen LogP contribution in [0.3, 0.4) is 0 Å². The average molecular weight is 301 g/mol. The van der Waals surface area contributed by atoms with E-state index in [1.807, 2.05) is 0 Å². The molecule has 1 aromatic heterocycles. The molecule has 2 aromatic rings. The molecule has 0 spiro atoms. The van der Waals surface area contributed by atoms with Crippen LogP contribution in [0.1, 0.15) is 12.0 Å². The molecule has 1 N–H and O–H groups in total. The summed E-state index contributed by atoms with van der Waals surface area (Å²) in [6.07, 6.45) is -3.29. The van der Waals surface area contributed by atoms with E-state index in [0.717, 1.165) is 36.3 Å². The highest BCUT2D eigenvalue weighted by Gasteiger charge is 2.31. The van der Waals surface area contributed by atoms with Gasteiger partial charge in [-0.15, -0.1) is 0 Å². The van der Waals surface area contributed by atoms with Crippen molar-refractivity contribution >= 4 is 26.7 Å². The third-order valence-electron chi connectivity index (χ3n) is 3.43. The second-order valence-corrected chi connectivity index (χ2v) is 6.12. The Morgan fingerprint density at radius 3 is 2.85 bits per heavy atom. The Labute approximate surface area is 118 Å². The lowest BCUT2D eigenvalue weighted by Crippen LogP contribution is -2.23. The van der Waals surface area contributed by atoms with Crippen LogP contribution in [0.5, 0.6) is 0 Å². The second kappa shape index (κ2) is 4.89. The van der Waals surface area contributed by atoms with Crippen molar-refractivity contribution in [1.29, 1.82) is 0 Å². The second-order valence-electron chi connectivity index (χ2n) is 5.09. The van der Waals surface area contributed by atoms with Crippen molar-refractivity contribution in [3.8, 4) is 0 Å². The largest absolute Gasteiger partial charge is 0.416 e. The Balaban J connectivity index is 1.83. The number of thiazole rings is 1. The van der Waals surface area contributed by atoms with Gasteiger partial charge in [-0.3, -0.25) is 0 Å². The zero-order valence-electron chi connectivity index (χ0n) is 10.9. The quantitative estimate of drug-likeness (QED) is 0.921. The highest BCUT2D eigenvalue weighted by atomic mass is 32.1. The average Bonchev–Trinajstić information content (AvgIpc) is 2.93. The molecule has 0 saturated carbocycles. The minimum Gasteiger partial charge on any atom is -0.357 e. The first-order valence-electron chi connectivity index (χ1n) is 6.35. The minimum absolute atomic E-state index is 0.322. The number of likely N-dealkylation sites (tertiary alicyclic amines) is 1. The number of fused-ring (bicyclic) bond motifs is 1. The zero-order valence-corrected chi connectivity index (χ0v) is 11.7. The normalized spacial score (nSPS) is 20.7. The number of rotatable bonds is 2. The summed E-state index contributed by atoms with van der Waals surface area (Å²) in [5, 5.41) is 4.00. The van der Waals surface area contributed by atoms with E-state index in [-0.39, 0.29) is 0 Å². The van der Waals surface area contributed by atoms with Crippen LogP contribution in [0.4, 0.5) is 18.3 Å². The Hall–Kier alpha value is -1.34. The molecule has 7 heteroatoms. The predicted octanol–water partition coefficient (Wildman–Crippen LogP) is 3.43. The summed E-state index contributed by atoms with van der Waals surface area (Å²) in [7, 11) is 2.05. The van der Waals surface area contributed by atoms with Gasteiger partial charge in [-0.2, -0.15) is 13.2 Å². The molecule has 20 heavy (non-hydrogen) atoms. The van der Waals surface area contributed by atoms with Gasteiger partial charge in [-0.25, -0.2) is 4.98 Å². The standard InChI is InChI=1S/C13H14F3N3S/c1-19-5-4-9(7-19)17-12-18-10-6-8(13(14,15)16)2-3-11(10)20-12/h2-3,6,9H,4-5,7H2,1H3,(H,17,18). The Morgan fingerprint density at radius 1 is 1.40 bits per heavy atom. The molecule has 1 aliphatic rings. The van der Waals surface area contributed by atoms with E-state index in [2.05, 4.69) is 22.2 Å². The number of likely N-dealkylation sites (N-methyl/N-ethyl adjacent to an activating group) is 1. The van der Waals surface area contributed by atoms with E-state index in [0.29, 0.717) is 16.7 Å². The Bertz CT molecular complexity index is 623. The van der Waals surface area contributed by atoms with Crippen molar-refractivity contribution in [3.63, 3.8) is 0 Å². The summed E-state index contributed by atoms with van der Waals surface area (Å²) in [6.45, 7) is 1.96. The van der Waals surface area contributed by atoms with Crippen LogP contribution in [-0.4, -0.2) is 36.1 Å². The van der Waals surface area contributed by atoms with Crippen LogP contribution in [0.25, 0.3) is 10.2 Å². The molecule has 1 saturated heterocycles. The van der Waals surface area contributed by atoms with Crippen LogP contribution in [0.15, 0.2) is 18.2 Å². The van der Waals surface area contributed by atoms with Crippen molar-refractivity contribution in [1.82, 2.24) is 9.88 Å². The van der Waals surface area contributed by atoms with Crippen molar-refractivity contribution in [2.24, 2.45) is 0 Å². The van der Waals surface area contributed by atoms with E-state index in [4.69, 9.17) is 0 Å². The number of aromatic nitrogens is 1. The number of benzene rings is 1. The number of anilines is 1. The molecule has 1 aromatic carbocycles. The van der Waals surface area contributed by atoms with Gasteiger partial charge in [-0.1, -0.05) is 11.3 Å². The van der Waals surface area contributed by atoms with Crippen molar-refractivity contribution in [3.05, 3.63) is 23.8 Å². The molecule has 1 aliphatic heterocycles. The third kappa shape index (κ3) is 2.73. The van der Waals surface area contributed by atoms with Gasteiger partial charge < -0.3 is 10.2 Å². The summed E-state index contributed by atoms with van der Waals surface area (Å²) in [4.78, 5) is 6.48. The van der Waals surface area contributed by atoms with Gasteiger partial charge in [0.1, 0.15) is 0 Å². The smallest absolute Gasteiger partial charge is 0.357 e. The van der Waals surface area contributed by atoms with Gasteiger partial charge in [0.2, 0.25) is 0 Å². The lowest BCUT2D eigenvalue weighted by molar-refractivity contribution is -0.137. The first kappa shape index (κ1) is 13.6. The number of alkyl halides is 3. The maximum absolute atomic E-state index is 12.6. The van der Waals surface area contributed by atoms with Crippen LogP contribution in [-0.2, 0) is 6.18 Å².